The summed E-state index contributed by atoms with van der Waals surface area (Å²) in [6, 6.07) is 9.68. The lowest BCUT2D eigenvalue weighted by molar-refractivity contribution is -0.113. The summed E-state index contributed by atoms with van der Waals surface area (Å²) in [5.41, 5.74) is 1.86. The van der Waals surface area contributed by atoms with E-state index in [1.807, 2.05) is 35.9 Å². The van der Waals surface area contributed by atoms with Crippen LogP contribution in [0.5, 0.6) is 0 Å². The van der Waals surface area contributed by atoms with Gasteiger partial charge in [0.15, 0.2) is 11.0 Å². The molecule has 0 saturated heterocycles. The van der Waals surface area contributed by atoms with Crippen molar-refractivity contribution in [3.63, 3.8) is 0 Å². The maximum atomic E-state index is 12.1. The summed E-state index contributed by atoms with van der Waals surface area (Å²) in [6.07, 6.45) is 2.22. The van der Waals surface area contributed by atoms with Crippen molar-refractivity contribution < 1.29 is 4.79 Å². The normalized spacial score (nSPS) is 10.9. The van der Waals surface area contributed by atoms with Crippen LogP contribution in [0.4, 0.5) is 5.69 Å². The Kier molecular flexibility index (Phi) is 6.50. The highest BCUT2D eigenvalue weighted by Crippen LogP contribution is 2.27. The molecule has 26 heavy (non-hydrogen) atoms. The fourth-order valence-electron chi connectivity index (χ4n) is 2.43. The van der Waals surface area contributed by atoms with Crippen LogP contribution in [0.15, 0.2) is 45.3 Å². The molecule has 0 spiro atoms. The minimum atomic E-state index is -0.0670. The predicted octanol–water partition coefficient (Wildman–Crippen LogP) is 4.99. The van der Waals surface area contributed by atoms with E-state index in [4.69, 9.17) is 0 Å². The Morgan fingerprint density at radius 2 is 2.08 bits per heavy atom. The number of nitrogens with one attached hydrogen (secondary N) is 1. The molecule has 2 aromatic heterocycles. The second kappa shape index (κ2) is 8.83. The van der Waals surface area contributed by atoms with Crippen LogP contribution in [0.3, 0.4) is 0 Å². The van der Waals surface area contributed by atoms with Gasteiger partial charge >= 0.3 is 0 Å². The second-order valence-corrected chi connectivity index (χ2v) is 8.61. The van der Waals surface area contributed by atoms with Gasteiger partial charge in [-0.15, -0.1) is 21.5 Å². The molecule has 8 heteroatoms. The van der Waals surface area contributed by atoms with Crippen molar-refractivity contribution in [2.24, 2.45) is 7.05 Å². The number of thioether (sulfide) groups is 1. The minimum absolute atomic E-state index is 0.0670. The monoisotopic (exact) mass is 450 g/mol. The van der Waals surface area contributed by atoms with Gasteiger partial charge in [-0.1, -0.05) is 41.0 Å². The van der Waals surface area contributed by atoms with Gasteiger partial charge in [-0.2, -0.15) is 0 Å². The summed E-state index contributed by atoms with van der Waals surface area (Å²) in [6.45, 7) is 2.18. The van der Waals surface area contributed by atoms with E-state index >= 15 is 0 Å². The van der Waals surface area contributed by atoms with Crippen LogP contribution in [0.25, 0.3) is 11.4 Å². The number of aryl methyl sites for hydroxylation is 1. The molecule has 5 nitrogen and oxygen atoms in total. The van der Waals surface area contributed by atoms with Crippen molar-refractivity contribution in [1.82, 2.24) is 14.8 Å². The molecule has 0 bridgehead atoms. The second-order valence-electron chi connectivity index (χ2n) is 5.76. The number of aromatic nitrogens is 3. The zero-order chi connectivity index (χ0) is 18.5. The molecule has 1 amide bonds. The van der Waals surface area contributed by atoms with Crippen molar-refractivity contribution in [2.75, 3.05) is 11.1 Å². The van der Waals surface area contributed by atoms with Crippen molar-refractivity contribution in [2.45, 2.75) is 24.9 Å². The quantitative estimate of drug-likeness (QED) is 0.515. The van der Waals surface area contributed by atoms with Crippen LogP contribution in [0, 0.1) is 0 Å². The Morgan fingerprint density at radius 3 is 2.81 bits per heavy atom. The average Bonchev–Trinajstić information content (AvgIpc) is 3.22. The first kappa shape index (κ1) is 19.1. The molecule has 0 aliphatic heterocycles. The Bertz CT molecular complexity index is 889. The van der Waals surface area contributed by atoms with Crippen LogP contribution in [-0.4, -0.2) is 26.4 Å². The first-order valence-electron chi connectivity index (χ1n) is 8.22. The van der Waals surface area contributed by atoms with Gasteiger partial charge < -0.3 is 9.88 Å². The topological polar surface area (TPSA) is 59.8 Å². The van der Waals surface area contributed by atoms with Gasteiger partial charge in [0, 0.05) is 33.0 Å². The highest BCUT2D eigenvalue weighted by Gasteiger charge is 2.14. The molecule has 0 aliphatic carbocycles. The van der Waals surface area contributed by atoms with Gasteiger partial charge in [0.25, 0.3) is 0 Å². The molecular formula is C18H19BrN4OS2. The zero-order valence-corrected chi connectivity index (χ0v) is 17.7. The number of amides is 1. The van der Waals surface area contributed by atoms with Crippen LogP contribution in [-0.2, 0) is 18.3 Å². The maximum absolute atomic E-state index is 12.1. The Hall–Kier alpha value is -1.64. The van der Waals surface area contributed by atoms with Crippen LogP contribution < -0.4 is 5.32 Å². The van der Waals surface area contributed by atoms with Gasteiger partial charge in [-0.3, -0.25) is 4.79 Å². The van der Waals surface area contributed by atoms with Crippen LogP contribution in [0.2, 0.25) is 0 Å². The van der Waals surface area contributed by atoms with E-state index in [1.165, 1.54) is 16.6 Å². The number of halogens is 1. The van der Waals surface area contributed by atoms with Gasteiger partial charge in [0.1, 0.15) is 0 Å². The summed E-state index contributed by atoms with van der Waals surface area (Å²) < 4.78 is 2.92. The summed E-state index contributed by atoms with van der Waals surface area (Å²) in [5, 5.41) is 14.2. The minimum Gasteiger partial charge on any atom is -0.325 e. The molecule has 0 fully saturated rings. The molecular weight excluding hydrogens is 432 g/mol. The van der Waals surface area contributed by atoms with Gasteiger partial charge in [0.2, 0.25) is 5.91 Å². The number of hydrogen-bond donors (Lipinski definition) is 1. The van der Waals surface area contributed by atoms with E-state index in [0.29, 0.717) is 0 Å². The van der Waals surface area contributed by atoms with Crippen molar-refractivity contribution in [3.05, 3.63) is 45.1 Å². The predicted molar refractivity (Wildman–Crippen MR) is 112 cm³/mol. The number of nitrogens with zero attached hydrogens (tertiary/aromatic N) is 3. The third kappa shape index (κ3) is 4.75. The molecule has 0 radical (unpaired) electrons. The van der Waals surface area contributed by atoms with E-state index in [-0.39, 0.29) is 11.7 Å². The van der Waals surface area contributed by atoms with Gasteiger partial charge in [0.05, 0.1) is 5.75 Å². The molecule has 3 aromatic rings. The lowest BCUT2D eigenvalue weighted by atomic mass is 10.2. The van der Waals surface area contributed by atoms with E-state index in [1.54, 1.807) is 11.3 Å². The Morgan fingerprint density at radius 1 is 1.31 bits per heavy atom. The molecule has 0 aliphatic rings. The SMILES string of the molecule is CCCc1cc(-c2nnc(SCC(=O)Nc3ccc(Br)cc3)n2C)cs1. The lowest BCUT2D eigenvalue weighted by Gasteiger charge is -2.05. The Labute approximate surface area is 169 Å². The largest absolute Gasteiger partial charge is 0.325 e. The number of rotatable bonds is 7. The summed E-state index contributed by atoms with van der Waals surface area (Å²) in [7, 11) is 1.93. The number of anilines is 1. The smallest absolute Gasteiger partial charge is 0.234 e. The first-order chi connectivity index (χ1) is 12.6. The summed E-state index contributed by atoms with van der Waals surface area (Å²) in [5.74, 6) is 1.05. The highest BCUT2D eigenvalue weighted by atomic mass is 79.9. The molecule has 136 valence electrons. The third-order valence-electron chi connectivity index (χ3n) is 3.70. The van der Waals surface area contributed by atoms with Gasteiger partial charge in [-0.25, -0.2) is 0 Å². The van der Waals surface area contributed by atoms with E-state index in [9.17, 15) is 4.79 Å². The zero-order valence-electron chi connectivity index (χ0n) is 14.5. The fraction of sp³-hybridized carbons (Fsp3) is 0.278. The third-order valence-corrected chi connectivity index (χ3v) is 6.25. The van der Waals surface area contributed by atoms with Gasteiger partial charge in [-0.05, 0) is 36.8 Å². The molecule has 0 saturated carbocycles. The molecule has 1 N–H and O–H groups in total. The number of thiophene rings is 1. The molecule has 2 heterocycles. The summed E-state index contributed by atoms with van der Waals surface area (Å²) >= 11 is 6.51. The highest BCUT2D eigenvalue weighted by molar-refractivity contribution is 9.10. The van der Waals surface area contributed by atoms with Crippen molar-refractivity contribution in [1.29, 1.82) is 0 Å². The van der Waals surface area contributed by atoms with Crippen LogP contribution >= 0.6 is 39.0 Å². The number of benzene rings is 1. The van der Waals surface area contributed by atoms with Crippen molar-refractivity contribution in [3.8, 4) is 11.4 Å². The number of carbonyl (C=O) groups is 1. The average molecular weight is 451 g/mol. The van der Waals surface area contributed by atoms with Crippen LogP contribution in [0.1, 0.15) is 18.2 Å². The Balaban J connectivity index is 1.60. The summed E-state index contributed by atoms with van der Waals surface area (Å²) in [4.78, 5) is 13.5. The number of hydrogen-bond acceptors (Lipinski definition) is 5. The van der Waals surface area contributed by atoms with E-state index < -0.39 is 0 Å². The molecule has 0 unspecified atom stereocenters. The first-order valence-corrected chi connectivity index (χ1v) is 10.9. The molecule has 3 rings (SSSR count). The van der Waals surface area contributed by atoms with E-state index in [0.717, 1.165) is 39.5 Å². The standard InChI is InChI=1S/C18H19BrN4OS2/c1-3-4-15-9-12(10-25-15)17-21-22-18(23(17)2)26-11-16(24)20-14-7-5-13(19)6-8-14/h5-10H,3-4,11H2,1-2H3,(H,20,24). The molecule has 0 atom stereocenters. The van der Waals surface area contributed by atoms with Crippen molar-refractivity contribution >= 4 is 50.6 Å². The number of carbonyl (C=O) groups excluding carboxylic acids is 1. The van der Waals surface area contributed by atoms with E-state index in [2.05, 4.69) is 49.8 Å². The maximum Gasteiger partial charge on any atom is 0.234 e. The lowest BCUT2D eigenvalue weighted by Crippen LogP contribution is -2.14. The molecule has 1 aromatic carbocycles. The fourth-order valence-corrected chi connectivity index (χ4v) is 4.37.